The van der Waals surface area contributed by atoms with Crippen molar-refractivity contribution in [3.63, 3.8) is 0 Å². The van der Waals surface area contributed by atoms with Crippen LogP contribution >= 0.6 is 15.9 Å². The smallest absolute Gasteiger partial charge is 0.224 e. The van der Waals surface area contributed by atoms with Crippen molar-refractivity contribution in [3.8, 4) is 0 Å². The molecule has 3 aromatic rings. The van der Waals surface area contributed by atoms with E-state index < -0.39 is 0 Å². The number of benzene rings is 2. The van der Waals surface area contributed by atoms with Crippen molar-refractivity contribution in [1.29, 1.82) is 0 Å². The topological polar surface area (TPSA) is 49.8 Å². The van der Waals surface area contributed by atoms with E-state index in [1.807, 2.05) is 30.3 Å². The predicted octanol–water partition coefficient (Wildman–Crippen LogP) is 4.78. The number of nitrogens with zero attached hydrogens (tertiary/aromatic N) is 2. The Kier molecular flexibility index (Phi) is 5.38. The second-order valence-electron chi connectivity index (χ2n) is 5.20. The number of aromatic nitrogens is 2. The lowest BCUT2D eigenvalue weighted by atomic mass is 10.1. The molecule has 0 saturated heterocycles. The van der Waals surface area contributed by atoms with Gasteiger partial charge in [-0.05, 0) is 54.4 Å². The van der Waals surface area contributed by atoms with Crippen molar-refractivity contribution in [3.05, 3.63) is 76.6 Å². The molecule has 0 aliphatic rings. The second kappa shape index (κ2) is 7.88. The highest BCUT2D eigenvalue weighted by atomic mass is 79.9. The summed E-state index contributed by atoms with van der Waals surface area (Å²) in [6.45, 7) is 0.674. The van der Waals surface area contributed by atoms with Crippen LogP contribution in [-0.2, 0) is 6.42 Å². The van der Waals surface area contributed by atoms with Gasteiger partial charge < -0.3 is 10.6 Å². The average Bonchev–Trinajstić information content (AvgIpc) is 2.59. The second-order valence-corrected chi connectivity index (χ2v) is 6.12. The van der Waals surface area contributed by atoms with Crippen LogP contribution in [0.2, 0.25) is 0 Å². The first-order valence-corrected chi connectivity index (χ1v) is 8.32. The summed E-state index contributed by atoms with van der Waals surface area (Å²) in [6, 6.07) is 16.2. The molecule has 0 radical (unpaired) electrons. The van der Waals surface area contributed by atoms with Crippen molar-refractivity contribution in [2.45, 2.75) is 6.42 Å². The third kappa shape index (κ3) is 4.76. The van der Waals surface area contributed by atoms with Gasteiger partial charge in [-0.1, -0.05) is 28.1 Å². The standard InChI is InChI=1S/C18H16BrFN4/c19-14-3-7-16(8-4-14)23-17-10-12-22-18(24-17)21-11-9-13-1-5-15(20)6-2-13/h1-8,10,12H,9,11H2,(H2,21,22,23,24). The van der Waals surface area contributed by atoms with Gasteiger partial charge in [-0.3, -0.25) is 0 Å². The number of hydrogen-bond acceptors (Lipinski definition) is 4. The minimum absolute atomic E-state index is 0.221. The summed E-state index contributed by atoms with van der Waals surface area (Å²) in [5.41, 5.74) is 2.02. The fourth-order valence-electron chi connectivity index (χ4n) is 2.16. The molecule has 0 bridgehead atoms. The minimum atomic E-state index is -0.221. The van der Waals surface area contributed by atoms with Crippen LogP contribution in [-0.4, -0.2) is 16.5 Å². The van der Waals surface area contributed by atoms with E-state index in [2.05, 4.69) is 36.5 Å². The van der Waals surface area contributed by atoms with E-state index in [4.69, 9.17) is 0 Å². The Hall–Kier alpha value is -2.47. The molecule has 2 aromatic carbocycles. The van der Waals surface area contributed by atoms with Gasteiger partial charge in [-0.2, -0.15) is 4.98 Å². The van der Waals surface area contributed by atoms with Crippen molar-refractivity contribution < 1.29 is 4.39 Å². The highest BCUT2D eigenvalue weighted by Crippen LogP contribution is 2.18. The molecule has 24 heavy (non-hydrogen) atoms. The zero-order valence-corrected chi connectivity index (χ0v) is 14.4. The third-order valence-electron chi connectivity index (χ3n) is 3.38. The number of anilines is 3. The molecule has 3 rings (SSSR count). The molecule has 2 N–H and O–H groups in total. The van der Waals surface area contributed by atoms with Crippen LogP contribution in [0.5, 0.6) is 0 Å². The molecule has 0 fully saturated rings. The number of rotatable bonds is 6. The molecule has 6 heteroatoms. The predicted molar refractivity (Wildman–Crippen MR) is 98.1 cm³/mol. The molecule has 0 amide bonds. The molecule has 4 nitrogen and oxygen atoms in total. The Morgan fingerprint density at radius 2 is 1.71 bits per heavy atom. The number of hydrogen-bond donors (Lipinski definition) is 2. The van der Waals surface area contributed by atoms with E-state index in [-0.39, 0.29) is 5.82 Å². The van der Waals surface area contributed by atoms with Crippen LogP contribution in [0.4, 0.5) is 21.8 Å². The lowest BCUT2D eigenvalue weighted by Gasteiger charge is -2.08. The van der Waals surface area contributed by atoms with Gasteiger partial charge in [-0.15, -0.1) is 0 Å². The van der Waals surface area contributed by atoms with Crippen LogP contribution in [0.3, 0.4) is 0 Å². The molecule has 0 spiro atoms. The minimum Gasteiger partial charge on any atom is -0.354 e. The largest absolute Gasteiger partial charge is 0.354 e. The van der Waals surface area contributed by atoms with Gasteiger partial charge in [0.15, 0.2) is 0 Å². The summed E-state index contributed by atoms with van der Waals surface area (Å²) in [5, 5.41) is 6.41. The number of nitrogens with one attached hydrogen (secondary N) is 2. The van der Waals surface area contributed by atoms with Crippen LogP contribution in [0.1, 0.15) is 5.56 Å². The molecule has 0 aliphatic carbocycles. The summed E-state index contributed by atoms with van der Waals surface area (Å²) < 4.78 is 13.9. The quantitative estimate of drug-likeness (QED) is 0.640. The molecular formula is C18H16BrFN4. The highest BCUT2D eigenvalue weighted by Gasteiger charge is 2.01. The van der Waals surface area contributed by atoms with Crippen LogP contribution < -0.4 is 10.6 Å². The summed E-state index contributed by atoms with van der Waals surface area (Å²) in [6.07, 6.45) is 2.47. The van der Waals surface area contributed by atoms with Gasteiger partial charge in [-0.25, -0.2) is 9.37 Å². The van der Waals surface area contributed by atoms with E-state index in [1.165, 1.54) is 12.1 Å². The van der Waals surface area contributed by atoms with Gasteiger partial charge in [0, 0.05) is 22.9 Å². The fraction of sp³-hybridized carbons (Fsp3) is 0.111. The Balaban J connectivity index is 1.56. The van der Waals surface area contributed by atoms with Gasteiger partial charge in [0.25, 0.3) is 0 Å². The van der Waals surface area contributed by atoms with E-state index in [1.54, 1.807) is 18.3 Å². The SMILES string of the molecule is Fc1ccc(CCNc2nccc(Nc3ccc(Br)cc3)n2)cc1. The molecular weight excluding hydrogens is 371 g/mol. The van der Waals surface area contributed by atoms with Crippen LogP contribution in [0.15, 0.2) is 65.3 Å². The average molecular weight is 387 g/mol. The summed E-state index contributed by atoms with van der Waals surface area (Å²) >= 11 is 3.41. The highest BCUT2D eigenvalue weighted by molar-refractivity contribution is 9.10. The van der Waals surface area contributed by atoms with Crippen molar-refractivity contribution in [2.75, 3.05) is 17.2 Å². The molecule has 1 aromatic heterocycles. The maximum Gasteiger partial charge on any atom is 0.224 e. The van der Waals surface area contributed by atoms with Crippen molar-refractivity contribution >= 4 is 33.4 Å². The maximum absolute atomic E-state index is 12.9. The van der Waals surface area contributed by atoms with Crippen LogP contribution in [0.25, 0.3) is 0 Å². The lowest BCUT2D eigenvalue weighted by Crippen LogP contribution is -2.08. The Bertz CT molecular complexity index is 791. The lowest BCUT2D eigenvalue weighted by molar-refractivity contribution is 0.627. The molecule has 0 atom stereocenters. The monoisotopic (exact) mass is 386 g/mol. The first-order valence-electron chi connectivity index (χ1n) is 7.53. The molecule has 0 saturated carbocycles. The van der Waals surface area contributed by atoms with E-state index in [9.17, 15) is 4.39 Å². The Morgan fingerprint density at radius 3 is 2.46 bits per heavy atom. The van der Waals surface area contributed by atoms with Crippen molar-refractivity contribution in [1.82, 2.24) is 9.97 Å². The number of halogens is 2. The van der Waals surface area contributed by atoms with Gasteiger partial charge in [0.1, 0.15) is 11.6 Å². The normalized spacial score (nSPS) is 10.4. The molecule has 0 unspecified atom stereocenters. The maximum atomic E-state index is 12.9. The van der Waals surface area contributed by atoms with E-state index in [0.717, 1.165) is 28.0 Å². The first kappa shape index (κ1) is 16.4. The Labute approximate surface area is 148 Å². The van der Waals surface area contributed by atoms with Gasteiger partial charge in [0.2, 0.25) is 5.95 Å². The van der Waals surface area contributed by atoms with E-state index >= 15 is 0 Å². The fourth-order valence-corrected chi connectivity index (χ4v) is 2.43. The van der Waals surface area contributed by atoms with Gasteiger partial charge in [0.05, 0.1) is 0 Å². The Morgan fingerprint density at radius 1 is 0.958 bits per heavy atom. The molecule has 122 valence electrons. The first-order chi connectivity index (χ1) is 11.7. The van der Waals surface area contributed by atoms with Gasteiger partial charge >= 0.3 is 0 Å². The summed E-state index contributed by atoms with van der Waals surface area (Å²) in [7, 11) is 0. The third-order valence-corrected chi connectivity index (χ3v) is 3.91. The molecule has 1 heterocycles. The molecule has 0 aliphatic heterocycles. The summed E-state index contributed by atoms with van der Waals surface area (Å²) in [5.74, 6) is 1.05. The van der Waals surface area contributed by atoms with E-state index in [0.29, 0.717) is 12.5 Å². The van der Waals surface area contributed by atoms with Crippen LogP contribution in [0, 0.1) is 5.82 Å². The summed E-state index contributed by atoms with van der Waals surface area (Å²) in [4.78, 5) is 8.64. The zero-order valence-electron chi connectivity index (χ0n) is 12.8. The zero-order chi connectivity index (χ0) is 16.8. The van der Waals surface area contributed by atoms with Crippen molar-refractivity contribution in [2.24, 2.45) is 0 Å².